The Hall–Kier alpha value is -4.86. The smallest absolute Gasteiger partial charge is 0.330 e. The number of nitro groups is 1. The van der Waals surface area contributed by atoms with Crippen molar-refractivity contribution in [2.24, 2.45) is 0 Å². The normalized spacial score (nSPS) is 13.2. The molecule has 1 aliphatic rings. The van der Waals surface area contributed by atoms with Gasteiger partial charge in [0.05, 0.1) is 16.1 Å². The fourth-order valence-electron chi connectivity index (χ4n) is 3.92. The number of anilines is 1. The van der Waals surface area contributed by atoms with E-state index in [4.69, 9.17) is 4.74 Å². The van der Waals surface area contributed by atoms with Crippen molar-refractivity contribution in [3.05, 3.63) is 105 Å². The molecular formula is C26H21N3O7. The van der Waals surface area contributed by atoms with Gasteiger partial charge in [-0.1, -0.05) is 48.5 Å². The second kappa shape index (κ2) is 10.2. The lowest BCUT2D eigenvalue weighted by atomic mass is 10.0. The zero-order valence-electron chi connectivity index (χ0n) is 19.2. The molecule has 0 saturated carbocycles. The maximum atomic E-state index is 13.1. The number of nitrogens with one attached hydrogen (secondary N) is 1. The zero-order valence-corrected chi connectivity index (χ0v) is 19.2. The Morgan fingerprint density at radius 2 is 1.58 bits per heavy atom. The van der Waals surface area contributed by atoms with Crippen LogP contribution in [0, 0.1) is 17.0 Å². The third kappa shape index (κ3) is 4.97. The van der Waals surface area contributed by atoms with Crippen molar-refractivity contribution < 1.29 is 28.8 Å². The first-order chi connectivity index (χ1) is 17.3. The summed E-state index contributed by atoms with van der Waals surface area (Å²) in [7, 11) is 0. The Balaban J connectivity index is 1.50. The molecule has 3 aromatic rings. The summed E-state index contributed by atoms with van der Waals surface area (Å²) in [5.41, 5.74) is 1.48. The molecule has 0 bridgehead atoms. The van der Waals surface area contributed by atoms with Crippen molar-refractivity contribution in [3.8, 4) is 0 Å². The third-order valence-corrected chi connectivity index (χ3v) is 5.72. The van der Waals surface area contributed by atoms with E-state index in [0.29, 0.717) is 11.1 Å². The van der Waals surface area contributed by atoms with E-state index in [1.165, 1.54) is 30.3 Å². The Kier molecular flexibility index (Phi) is 6.86. The molecule has 36 heavy (non-hydrogen) atoms. The number of carbonyl (C=O) groups is 4. The van der Waals surface area contributed by atoms with Crippen LogP contribution in [0.4, 0.5) is 11.4 Å². The summed E-state index contributed by atoms with van der Waals surface area (Å²) in [6, 6.07) is 17.9. The molecule has 0 aromatic heterocycles. The minimum Gasteiger partial charge on any atom is -0.454 e. The number of nitro benzene ring substituents is 1. The summed E-state index contributed by atoms with van der Waals surface area (Å²) in [6.07, 6.45) is -0.00306. The summed E-state index contributed by atoms with van der Waals surface area (Å²) in [5.74, 6) is -2.91. The molecule has 10 heteroatoms. The number of esters is 1. The number of rotatable bonds is 8. The Bertz CT molecular complexity index is 1340. The molecule has 1 heterocycles. The average Bonchev–Trinajstić information content (AvgIpc) is 3.12. The number of aryl methyl sites for hydroxylation is 1. The van der Waals surface area contributed by atoms with Crippen LogP contribution < -0.4 is 5.32 Å². The number of hydrogen-bond acceptors (Lipinski definition) is 7. The van der Waals surface area contributed by atoms with Crippen LogP contribution >= 0.6 is 0 Å². The molecule has 0 spiro atoms. The van der Waals surface area contributed by atoms with Crippen LogP contribution in [-0.4, -0.2) is 46.2 Å². The van der Waals surface area contributed by atoms with E-state index in [-0.39, 0.29) is 28.9 Å². The predicted octanol–water partition coefficient (Wildman–Crippen LogP) is 3.29. The zero-order chi connectivity index (χ0) is 25.8. The van der Waals surface area contributed by atoms with Crippen molar-refractivity contribution in [2.75, 3.05) is 11.9 Å². The Morgan fingerprint density at radius 1 is 0.972 bits per heavy atom. The van der Waals surface area contributed by atoms with Gasteiger partial charge in [-0.3, -0.25) is 29.4 Å². The summed E-state index contributed by atoms with van der Waals surface area (Å²) in [6.45, 7) is 0.854. The number of amides is 3. The molecule has 1 atom stereocenters. The lowest BCUT2D eigenvalue weighted by Crippen LogP contribution is -2.47. The van der Waals surface area contributed by atoms with Crippen LogP contribution in [0.15, 0.2) is 72.8 Å². The van der Waals surface area contributed by atoms with Crippen molar-refractivity contribution in [2.45, 2.75) is 19.4 Å². The minimum atomic E-state index is -1.30. The van der Waals surface area contributed by atoms with Gasteiger partial charge in [0, 0.05) is 23.7 Å². The monoisotopic (exact) mass is 487 g/mol. The first-order valence-electron chi connectivity index (χ1n) is 11.0. The average molecular weight is 487 g/mol. The molecule has 0 radical (unpaired) electrons. The van der Waals surface area contributed by atoms with Crippen molar-refractivity contribution in [1.29, 1.82) is 0 Å². The molecule has 10 nitrogen and oxygen atoms in total. The quantitative estimate of drug-likeness (QED) is 0.223. The van der Waals surface area contributed by atoms with Crippen LogP contribution in [0.2, 0.25) is 0 Å². The number of ether oxygens (including phenoxy) is 1. The summed E-state index contributed by atoms with van der Waals surface area (Å²) < 4.78 is 5.19. The molecule has 1 N–H and O–H groups in total. The highest BCUT2D eigenvalue weighted by Gasteiger charge is 2.43. The number of nitrogens with zero attached hydrogens (tertiary/aromatic N) is 2. The Labute approximate surface area is 205 Å². The molecule has 0 unspecified atom stereocenters. The van der Waals surface area contributed by atoms with Gasteiger partial charge in [-0.15, -0.1) is 0 Å². The van der Waals surface area contributed by atoms with Gasteiger partial charge in [0.2, 0.25) is 0 Å². The first-order valence-corrected chi connectivity index (χ1v) is 11.0. The minimum absolute atomic E-state index is 0.00306. The van der Waals surface area contributed by atoms with Crippen LogP contribution in [0.25, 0.3) is 0 Å². The van der Waals surface area contributed by atoms with Crippen LogP contribution in [0.3, 0.4) is 0 Å². The van der Waals surface area contributed by atoms with Crippen LogP contribution in [0.5, 0.6) is 0 Å². The van der Waals surface area contributed by atoms with E-state index in [1.54, 1.807) is 49.4 Å². The summed E-state index contributed by atoms with van der Waals surface area (Å²) in [5, 5.41) is 13.6. The molecule has 182 valence electrons. The van der Waals surface area contributed by atoms with Crippen molar-refractivity contribution in [3.63, 3.8) is 0 Å². The van der Waals surface area contributed by atoms with Crippen LogP contribution in [0.1, 0.15) is 31.8 Å². The van der Waals surface area contributed by atoms with Gasteiger partial charge < -0.3 is 10.1 Å². The molecule has 3 aromatic carbocycles. The summed E-state index contributed by atoms with van der Waals surface area (Å²) >= 11 is 0. The maximum absolute atomic E-state index is 13.1. The van der Waals surface area contributed by atoms with Gasteiger partial charge in [0.1, 0.15) is 6.04 Å². The highest BCUT2D eigenvalue weighted by Crippen LogP contribution is 2.27. The Morgan fingerprint density at radius 3 is 2.19 bits per heavy atom. The topological polar surface area (TPSA) is 136 Å². The molecular weight excluding hydrogens is 466 g/mol. The molecule has 1 aliphatic heterocycles. The molecule has 0 aliphatic carbocycles. The number of benzene rings is 3. The fourth-order valence-corrected chi connectivity index (χ4v) is 3.92. The largest absolute Gasteiger partial charge is 0.454 e. The lowest BCUT2D eigenvalue weighted by Gasteiger charge is -2.24. The molecule has 0 saturated heterocycles. The van der Waals surface area contributed by atoms with E-state index in [1.807, 2.05) is 0 Å². The number of carbonyl (C=O) groups excluding carboxylic acids is 4. The third-order valence-electron chi connectivity index (χ3n) is 5.72. The van der Waals surface area contributed by atoms with Gasteiger partial charge in [0.25, 0.3) is 23.4 Å². The van der Waals surface area contributed by atoms with E-state index < -0.39 is 41.3 Å². The summed E-state index contributed by atoms with van der Waals surface area (Å²) in [4.78, 5) is 62.9. The highest BCUT2D eigenvalue weighted by molar-refractivity contribution is 6.22. The van der Waals surface area contributed by atoms with Crippen molar-refractivity contribution >= 4 is 35.1 Å². The second-order valence-electron chi connectivity index (χ2n) is 8.15. The van der Waals surface area contributed by atoms with Gasteiger partial charge in [0.15, 0.2) is 6.61 Å². The molecule has 0 fully saturated rings. The van der Waals surface area contributed by atoms with E-state index in [0.717, 1.165) is 4.90 Å². The van der Waals surface area contributed by atoms with Crippen LogP contribution in [-0.2, 0) is 20.7 Å². The van der Waals surface area contributed by atoms with Gasteiger partial charge in [-0.05, 0) is 30.7 Å². The van der Waals surface area contributed by atoms with E-state index >= 15 is 0 Å². The van der Waals surface area contributed by atoms with E-state index in [2.05, 4.69) is 5.32 Å². The van der Waals surface area contributed by atoms with E-state index in [9.17, 15) is 29.3 Å². The second-order valence-corrected chi connectivity index (χ2v) is 8.15. The molecule has 3 amide bonds. The van der Waals surface area contributed by atoms with Gasteiger partial charge >= 0.3 is 5.97 Å². The van der Waals surface area contributed by atoms with Gasteiger partial charge in [-0.25, -0.2) is 4.79 Å². The molecule has 4 rings (SSSR count). The number of hydrogen-bond donors (Lipinski definition) is 1. The van der Waals surface area contributed by atoms with Gasteiger partial charge in [-0.2, -0.15) is 0 Å². The maximum Gasteiger partial charge on any atom is 0.330 e. The SMILES string of the molecule is Cc1ccc(NC(=O)COC(=O)[C@@H](Cc2ccccc2)N2C(=O)c3ccccc3C2=O)cc1[N+](=O)[O-]. The fraction of sp³-hybridized carbons (Fsp3) is 0.154. The highest BCUT2D eigenvalue weighted by atomic mass is 16.6. The standard InChI is InChI=1S/C26H21N3O7/c1-16-11-12-18(14-21(16)29(34)35)27-23(30)15-36-26(33)22(13-17-7-3-2-4-8-17)28-24(31)19-9-5-6-10-20(19)25(28)32/h2-12,14,22H,13,15H2,1H3,(H,27,30)/t22-/m1/s1. The lowest BCUT2D eigenvalue weighted by molar-refractivity contribution is -0.385. The number of imide groups is 1. The predicted molar refractivity (Wildman–Crippen MR) is 128 cm³/mol. The van der Waals surface area contributed by atoms with Crippen molar-refractivity contribution in [1.82, 2.24) is 4.90 Å². The number of fused-ring (bicyclic) bond motifs is 1. The first kappa shape index (κ1) is 24.3.